The van der Waals surface area contributed by atoms with Crippen LogP contribution in [0.4, 0.5) is 4.39 Å². The van der Waals surface area contributed by atoms with Gasteiger partial charge in [-0.05, 0) is 18.6 Å². The Morgan fingerprint density at radius 1 is 1.15 bits per heavy atom. The third-order valence-corrected chi connectivity index (χ3v) is 3.24. The van der Waals surface area contributed by atoms with Crippen molar-refractivity contribution in [2.75, 3.05) is 6.61 Å². The summed E-state index contributed by atoms with van der Waals surface area (Å²) >= 11 is 5.75. The Balaban J connectivity index is 2.38. The molecule has 0 heterocycles. The van der Waals surface area contributed by atoms with Crippen molar-refractivity contribution in [1.29, 1.82) is 0 Å². The summed E-state index contributed by atoms with van der Waals surface area (Å²) in [6.07, 6.45) is -0.252. The molecule has 4 heteroatoms. The Bertz CT molecular complexity index is 586. The minimum Gasteiger partial charge on any atom is -0.493 e. The summed E-state index contributed by atoms with van der Waals surface area (Å²) in [5, 5.41) is 10.4. The number of halogens is 2. The lowest BCUT2D eigenvalue weighted by atomic mass is 10.00. The summed E-state index contributed by atoms with van der Waals surface area (Å²) in [6.45, 7) is 2.54. The molecule has 2 aromatic rings. The fourth-order valence-corrected chi connectivity index (χ4v) is 2.13. The van der Waals surface area contributed by atoms with E-state index in [0.717, 1.165) is 6.42 Å². The Hall–Kier alpha value is -1.58. The number of ether oxygens (including phenoxy) is 1. The molecule has 0 spiro atoms. The zero-order valence-electron chi connectivity index (χ0n) is 11.1. The molecule has 20 heavy (non-hydrogen) atoms. The number of para-hydroxylation sites is 1. The highest BCUT2D eigenvalue weighted by Gasteiger charge is 2.20. The predicted octanol–water partition coefficient (Wildman–Crippen LogP) is 4.35. The van der Waals surface area contributed by atoms with Gasteiger partial charge in [0.25, 0.3) is 0 Å². The van der Waals surface area contributed by atoms with Gasteiger partial charge in [0.1, 0.15) is 17.7 Å². The van der Waals surface area contributed by atoms with Crippen LogP contribution >= 0.6 is 11.6 Å². The summed E-state index contributed by atoms with van der Waals surface area (Å²) in [4.78, 5) is 0. The Kier molecular flexibility index (Phi) is 4.99. The van der Waals surface area contributed by atoms with Crippen molar-refractivity contribution < 1.29 is 14.2 Å². The van der Waals surface area contributed by atoms with Gasteiger partial charge in [-0.3, -0.25) is 0 Å². The average molecular weight is 295 g/mol. The molecule has 0 bridgehead atoms. The van der Waals surface area contributed by atoms with E-state index in [2.05, 4.69) is 0 Å². The number of rotatable bonds is 5. The van der Waals surface area contributed by atoms with Gasteiger partial charge in [0.15, 0.2) is 0 Å². The third-order valence-electron chi connectivity index (χ3n) is 2.95. The van der Waals surface area contributed by atoms with Gasteiger partial charge in [-0.25, -0.2) is 4.39 Å². The van der Waals surface area contributed by atoms with E-state index in [1.807, 2.05) is 13.0 Å². The fourth-order valence-electron chi connectivity index (χ4n) is 1.95. The van der Waals surface area contributed by atoms with Crippen LogP contribution < -0.4 is 4.74 Å². The summed E-state index contributed by atoms with van der Waals surface area (Å²) in [7, 11) is 0. The molecule has 2 nitrogen and oxygen atoms in total. The molecule has 106 valence electrons. The van der Waals surface area contributed by atoms with Gasteiger partial charge in [0.05, 0.1) is 11.6 Å². The van der Waals surface area contributed by atoms with Crippen molar-refractivity contribution >= 4 is 11.6 Å². The first-order valence-corrected chi connectivity index (χ1v) is 6.86. The van der Waals surface area contributed by atoms with Crippen LogP contribution in [0.1, 0.15) is 30.6 Å². The highest BCUT2D eigenvalue weighted by atomic mass is 35.5. The number of benzene rings is 2. The molecule has 1 N–H and O–H groups in total. The second-order valence-electron chi connectivity index (χ2n) is 4.43. The van der Waals surface area contributed by atoms with Gasteiger partial charge in [-0.15, -0.1) is 0 Å². The van der Waals surface area contributed by atoms with Crippen LogP contribution in [0.5, 0.6) is 5.75 Å². The lowest BCUT2D eigenvalue weighted by Crippen LogP contribution is -2.06. The highest BCUT2D eigenvalue weighted by molar-refractivity contribution is 6.30. The van der Waals surface area contributed by atoms with Crippen LogP contribution in [0, 0.1) is 5.82 Å². The van der Waals surface area contributed by atoms with Crippen LogP contribution in [-0.2, 0) is 0 Å². The van der Waals surface area contributed by atoms with E-state index in [4.69, 9.17) is 16.3 Å². The minimum absolute atomic E-state index is 0.00601. The number of hydrogen-bond acceptors (Lipinski definition) is 2. The standard InChI is InChI=1S/C16H16ClFO2/c1-2-10-20-14-9-4-3-6-11(14)16(19)12-7-5-8-13(17)15(12)18/h3-9,16,19H,2,10H2,1H3. The molecule has 0 saturated heterocycles. The van der Waals surface area contributed by atoms with Gasteiger partial charge < -0.3 is 9.84 Å². The molecule has 0 aromatic heterocycles. The van der Waals surface area contributed by atoms with Crippen LogP contribution in [0.3, 0.4) is 0 Å². The average Bonchev–Trinajstić information content (AvgIpc) is 2.47. The first kappa shape index (κ1) is 14.8. The topological polar surface area (TPSA) is 29.5 Å². The van der Waals surface area contributed by atoms with Crippen LogP contribution in [0.15, 0.2) is 42.5 Å². The maximum absolute atomic E-state index is 14.0. The van der Waals surface area contributed by atoms with E-state index < -0.39 is 11.9 Å². The van der Waals surface area contributed by atoms with Crippen molar-refractivity contribution in [2.45, 2.75) is 19.4 Å². The zero-order valence-corrected chi connectivity index (χ0v) is 11.9. The molecule has 1 unspecified atom stereocenters. The molecule has 0 saturated carbocycles. The quantitative estimate of drug-likeness (QED) is 0.888. The maximum atomic E-state index is 14.0. The third kappa shape index (κ3) is 3.11. The number of aliphatic hydroxyl groups is 1. The van der Waals surface area contributed by atoms with E-state index in [1.54, 1.807) is 24.3 Å². The van der Waals surface area contributed by atoms with Gasteiger partial charge in [-0.1, -0.05) is 48.9 Å². The molecular weight excluding hydrogens is 279 g/mol. The summed E-state index contributed by atoms with van der Waals surface area (Å²) in [5.74, 6) is -0.0480. The smallest absolute Gasteiger partial charge is 0.147 e. The van der Waals surface area contributed by atoms with Crippen molar-refractivity contribution in [2.24, 2.45) is 0 Å². The van der Waals surface area contributed by atoms with E-state index in [9.17, 15) is 9.50 Å². The van der Waals surface area contributed by atoms with Crippen molar-refractivity contribution in [3.8, 4) is 5.75 Å². The molecule has 0 amide bonds. The summed E-state index contributed by atoms with van der Waals surface area (Å²) in [6, 6.07) is 11.6. The summed E-state index contributed by atoms with van der Waals surface area (Å²) < 4.78 is 19.6. The molecule has 0 fully saturated rings. The fraction of sp³-hybridized carbons (Fsp3) is 0.250. The van der Waals surface area contributed by atoms with Gasteiger partial charge in [0.2, 0.25) is 0 Å². The van der Waals surface area contributed by atoms with Crippen molar-refractivity contribution in [1.82, 2.24) is 0 Å². The predicted molar refractivity (Wildman–Crippen MR) is 77.7 cm³/mol. The van der Waals surface area contributed by atoms with E-state index in [-0.39, 0.29) is 10.6 Å². The first-order valence-electron chi connectivity index (χ1n) is 6.48. The Morgan fingerprint density at radius 2 is 1.85 bits per heavy atom. The Morgan fingerprint density at radius 3 is 2.60 bits per heavy atom. The molecule has 2 rings (SSSR count). The van der Waals surface area contributed by atoms with Gasteiger partial charge in [-0.2, -0.15) is 0 Å². The molecular formula is C16H16ClFO2. The second kappa shape index (κ2) is 6.73. The SMILES string of the molecule is CCCOc1ccccc1C(O)c1cccc(Cl)c1F. The van der Waals surface area contributed by atoms with Gasteiger partial charge >= 0.3 is 0 Å². The molecule has 0 aliphatic heterocycles. The molecule has 2 aromatic carbocycles. The van der Waals surface area contributed by atoms with E-state index in [0.29, 0.717) is 17.9 Å². The van der Waals surface area contributed by atoms with Crippen LogP contribution in [0.2, 0.25) is 5.02 Å². The second-order valence-corrected chi connectivity index (χ2v) is 4.84. The van der Waals surface area contributed by atoms with Crippen molar-refractivity contribution in [3.05, 3.63) is 64.4 Å². The van der Waals surface area contributed by atoms with Crippen LogP contribution in [-0.4, -0.2) is 11.7 Å². The first-order chi connectivity index (χ1) is 9.65. The zero-order chi connectivity index (χ0) is 14.5. The molecule has 0 radical (unpaired) electrons. The summed E-state index contributed by atoms with van der Waals surface area (Å²) in [5.41, 5.74) is 0.673. The van der Waals surface area contributed by atoms with E-state index >= 15 is 0 Å². The molecule has 1 atom stereocenters. The van der Waals surface area contributed by atoms with Crippen molar-refractivity contribution in [3.63, 3.8) is 0 Å². The monoisotopic (exact) mass is 294 g/mol. The van der Waals surface area contributed by atoms with Gasteiger partial charge in [0, 0.05) is 11.1 Å². The lowest BCUT2D eigenvalue weighted by molar-refractivity contribution is 0.206. The molecule has 0 aliphatic rings. The number of hydrogen-bond donors (Lipinski definition) is 1. The Labute approximate surface area is 122 Å². The molecule has 0 aliphatic carbocycles. The number of aliphatic hydroxyl groups excluding tert-OH is 1. The van der Waals surface area contributed by atoms with Crippen LogP contribution in [0.25, 0.3) is 0 Å². The van der Waals surface area contributed by atoms with E-state index in [1.165, 1.54) is 12.1 Å². The normalized spacial score (nSPS) is 12.2. The highest BCUT2D eigenvalue weighted by Crippen LogP contribution is 2.33. The minimum atomic E-state index is -1.11. The largest absolute Gasteiger partial charge is 0.493 e. The lowest BCUT2D eigenvalue weighted by Gasteiger charge is -2.17. The maximum Gasteiger partial charge on any atom is 0.147 e.